The maximum absolute atomic E-state index is 3.89. The lowest BCUT2D eigenvalue weighted by Crippen LogP contribution is -2.01. The van der Waals surface area contributed by atoms with Gasteiger partial charge in [-0.05, 0) is 44.2 Å². The van der Waals surface area contributed by atoms with Crippen LogP contribution >= 0.6 is 27.3 Å². The second-order valence-corrected chi connectivity index (χ2v) is 6.63. The number of hydrogen-bond acceptors (Lipinski definition) is 1. The van der Waals surface area contributed by atoms with E-state index >= 15 is 0 Å². The van der Waals surface area contributed by atoms with Crippen molar-refractivity contribution in [2.24, 2.45) is 5.92 Å². The zero-order valence-electron chi connectivity index (χ0n) is 8.85. The molecule has 14 heavy (non-hydrogen) atoms. The Kier molecular flexibility index (Phi) is 3.33. The Morgan fingerprint density at radius 3 is 2.50 bits per heavy atom. The predicted molar refractivity (Wildman–Crippen MR) is 67.4 cm³/mol. The van der Waals surface area contributed by atoms with Crippen molar-refractivity contribution in [3.05, 3.63) is 21.4 Å². The highest BCUT2D eigenvalue weighted by Gasteiger charge is 2.26. The first kappa shape index (κ1) is 10.7. The zero-order valence-corrected chi connectivity index (χ0v) is 11.2. The molecule has 1 fully saturated rings. The fraction of sp³-hybridized carbons (Fsp3) is 0.667. The average molecular weight is 273 g/mol. The van der Waals surface area contributed by atoms with Crippen LogP contribution in [-0.2, 0) is 0 Å². The molecule has 0 bridgehead atoms. The van der Waals surface area contributed by atoms with Gasteiger partial charge in [0.15, 0.2) is 0 Å². The van der Waals surface area contributed by atoms with Gasteiger partial charge in [-0.3, -0.25) is 0 Å². The standard InChI is InChI=1S/C12H17BrS/c1-8-7-9(2)14-12(8)11(13)10-5-3-4-6-10/h7,10-11H,3-6H2,1-2H3. The van der Waals surface area contributed by atoms with Gasteiger partial charge in [0.05, 0.1) is 4.83 Å². The molecule has 2 heteroatoms. The summed E-state index contributed by atoms with van der Waals surface area (Å²) in [6, 6.07) is 2.31. The van der Waals surface area contributed by atoms with E-state index in [-0.39, 0.29) is 0 Å². The molecule has 0 saturated heterocycles. The molecule has 1 atom stereocenters. The van der Waals surface area contributed by atoms with Crippen molar-refractivity contribution < 1.29 is 0 Å². The summed E-state index contributed by atoms with van der Waals surface area (Å²) in [4.78, 5) is 3.62. The Hall–Kier alpha value is 0.180. The summed E-state index contributed by atoms with van der Waals surface area (Å²) < 4.78 is 0. The van der Waals surface area contributed by atoms with Crippen molar-refractivity contribution >= 4 is 27.3 Å². The zero-order chi connectivity index (χ0) is 10.1. The van der Waals surface area contributed by atoms with E-state index in [9.17, 15) is 0 Å². The molecule has 0 aromatic carbocycles. The van der Waals surface area contributed by atoms with E-state index < -0.39 is 0 Å². The summed E-state index contributed by atoms with van der Waals surface area (Å²) in [5.74, 6) is 0.881. The molecule has 0 N–H and O–H groups in total. The molecule has 1 saturated carbocycles. The smallest absolute Gasteiger partial charge is 0.0520 e. The number of thiophene rings is 1. The van der Waals surface area contributed by atoms with Crippen molar-refractivity contribution in [1.29, 1.82) is 0 Å². The van der Waals surface area contributed by atoms with E-state index in [1.165, 1.54) is 36.1 Å². The van der Waals surface area contributed by atoms with Gasteiger partial charge in [0.2, 0.25) is 0 Å². The van der Waals surface area contributed by atoms with Crippen LogP contribution < -0.4 is 0 Å². The largest absolute Gasteiger partial charge is 0.144 e. The quantitative estimate of drug-likeness (QED) is 0.666. The molecule has 0 nitrogen and oxygen atoms in total. The minimum Gasteiger partial charge on any atom is -0.144 e. The SMILES string of the molecule is Cc1cc(C)c(C(Br)C2CCCC2)s1. The summed E-state index contributed by atoms with van der Waals surface area (Å²) in [6.45, 7) is 4.44. The van der Waals surface area contributed by atoms with Gasteiger partial charge in [-0.2, -0.15) is 0 Å². The highest BCUT2D eigenvalue weighted by molar-refractivity contribution is 9.09. The molecular weight excluding hydrogens is 256 g/mol. The van der Waals surface area contributed by atoms with Gasteiger partial charge in [-0.15, -0.1) is 11.3 Å². The lowest BCUT2D eigenvalue weighted by Gasteiger charge is -2.16. The third kappa shape index (κ3) is 2.06. The molecule has 1 aromatic heterocycles. The summed E-state index contributed by atoms with van der Waals surface area (Å²) in [5, 5.41) is 0. The Labute approximate surface area is 98.9 Å². The number of halogens is 1. The lowest BCUT2D eigenvalue weighted by atomic mass is 10.0. The van der Waals surface area contributed by atoms with Crippen molar-refractivity contribution in [1.82, 2.24) is 0 Å². The second-order valence-electron chi connectivity index (χ2n) is 4.35. The molecule has 1 aliphatic rings. The third-order valence-corrected chi connectivity index (χ3v) is 5.89. The average Bonchev–Trinajstić information content (AvgIpc) is 2.73. The Morgan fingerprint density at radius 2 is 2.00 bits per heavy atom. The fourth-order valence-corrected chi connectivity index (χ4v) is 4.67. The van der Waals surface area contributed by atoms with Gasteiger partial charge >= 0.3 is 0 Å². The van der Waals surface area contributed by atoms with Crippen LogP contribution in [0.25, 0.3) is 0 Å². The first-order valence-corrected chi connectivity index (χ1v) is 7.12. The molecule has 1 aliphatic carbocycles. The molecule has 78 valence electrons. The molecule has 0 spiro atoms. The van der Waals surface area contributed by atoms with Crippen LogP contribution in [-0.4, -0.2) is 0 Å². The van der Waals surface area contributed by atoms with E-state index in [0.717, 1.165) is 5.92 Å². The van der Waals surface area contributed by atoms with Gasteiger partial charge in [-0.1, -0.05) is 28.8 Å². The first-order valence-electron chi connectivity index (χ1n) is 5.39. The Bertz CT molecular complexity index is 310. The molecule has 2 rings (SSSR count). The second kappa shape index (κ2) is 4.36. The van der Waals surface area contributed by atoms with Crippen LogP contribution in [0.4, 0.5) is 0 Å². The topological polar surface area (TPSA) is 0 Å². The summed E-state index contributed by atoms with van der Waals surface area (Å²) in [5.41, 5.74) is 1.47. The van der Waals surface area contributed by atoms with Gasteiger partial charge in [-0.25, -0.2) is 0 Å². The van der Waals surface area contributed by atoms with Crippen LogP contribution in [0.5, 0.6) is 0 Å². The van der Waals surface area contributed by atoms with Crippen molar-refractivity contribution in [3.8, 4) is 0 Å². The van der Waals surface area contributed by atoms with Gasteiger partial charge in [0.1, 0.15) is 0 Å². The minimum absolute atomic E-state index is 0.615. The normalized spacial score (nSPS) is 20.2. The monoisotopic (exact) mass is 272 g/mol. The first-order chi connectivity index (χ1) is 6.68. The highest BCUT2D eigenvalue weighted by atomic mass is 79.9. The van der Waals surface area contributed by atoms with E-state index in [0.29, 0.717) is 4.83 Å². The molecule has 0 aliphatic heterocycles. The molecule has 1 heterocycles. The maximum Gasteiger partial charge on any atom is 0.0520 e. The maximum atomic E-state index is 3.89. The number of aryl methyl sites for hydroxylation is 2. The molecule has 0 amide bonds. The van der Waals surface area contributed by atoms with Crippen molar-refractivity contribution in [3.63, 3.8) is 0 Å². The van der Waals surface area contributed by atoms with E-state index in [2.05, 4.69) is 35.8 Å². The molecule has 0 radical (unpaired) electrons. The fourth-order valence-electron chi connectivity index (χ4n) is 2.40. The van der Waals surface area contributed by atoms with Gasteiger partial charge in [0.25, 0.3) is 0 Å². The van der Waals surface area contributed by atoms with Crippen molar-refractivity contribution in [2.75, 3.05) is 0 Å². The summed E-state index contributed by atoms with van der Waals surface area (Å²) >= 11 is 5.85. The van der Waals surface area contributed by atoms with Crippen LogP contribution in [0.2, 0.25) is 0 Å². The Morgan fingerprint density at radius 1 is 1.36 bits per heavy atom. The van der Waals surface area contributed by atoms with Crippen LogP contribution in [0.1, 0.15) is 45.8 Å². The van der Waals surface area contributed by atoms with Crippen LogP contribution in [0.15, 0.2) is 6.07 Å². The molecule has 1 aromatic rings. The third-order valence-electron chi connectivity index (χ3n) is 3.14. The lowest BCUT2D eigenvalue weighted by molar-refractivity contribution is 0.545. The minimum atomic E-state index is 0.615. The van der Waals surface area contributed by atoms with Gasteiger partial charge < -0.3 is 0 Å². The molecular formula is C12H17BrS. The Balaban J connectivity index is 2.17. The van der Waals surface area contributed by atoms with Crippen molar-refractivity contribution in [2.45, 2.75) is 44.4 Å². The van der Waals surface area contributed by atoms with Crippen LogP contribution in [0.3, 0.4) is 0 Å². The molecule has 1 unspecified atom stereocenters. The highest BCUT2D eigenvalue weighted by Crippen LogP contribution is 2.44. The number of hydrogen-bond donors (Lipinski definition) is 0. The van der Waals surface area contributed by atoms with E-state index in [1.807, 2.05) is 11.3 Å². The van der Waals surface area contributed by atoms with Crippen LogP contribution in [0, 0.1) is 19.8 Å². The predicted octanol–water partition coefficient (Wildman–Crippen LogP) is 4.99. The van der Waals surface area contributed by atoms with E-state index in [1.54, 1.807) is 4.88 Å². The summed E-state index contributed by atoms with van der Waals surface area (Å²) in [6.07, 6.45) is 5.67. The van der Waals surface area contributed by atoms with E-state index in [4.69, 9.17) is 0 Å². The summed E-state index contributed by atoms with van der Waals surface area (Å²) in [7, 11) is 0. The number of rotatable bonds is 2. The number of alkyl halides is 1. The van der Waals surface area contributed by atoms with Gasteiger partial charge in [0, 0.05) is 9.75 Å².